The van der Waals surface area contributed by atoms with Crippen molar-refractivity contribution in [3.8, 4) is 11.3 Å². The first-order valence-electron chi connectivity index (χ1n) is 8.86. The second-order valence-corrected chi connectivity index (χ2v) is 6.49. The Labute approximate surface area is 156 Å². The summed E-state index contributed by atoms with van der Waals surface area (Å²) in [6.07, 6.45) is 7.36. The van der Waals surface area contributed by atoms with E-state index in [1.807, 2.05) is 48.9 Å². The molecule has 0 bridgehead atoms. The van der Waals surface area contributed by atoms with Gasteiger partial charge in [0.15, 0.2) is 0 Å². The number of hydrogen-bond acceptors (Lipinski definition) is 4. The summed E-state index contributed by atoms with van der Waals surface area (Å²) in [5, 5.41) is 6.73. The van der Waals surface area contributed by atoms with E-state index >= 15 is 0 Å². The number of pyridine rings is 2. The van der Waals surface area contributed by atoms with Gasteiger partial charge in [0.05, 0.1) is 5.69 Å². The van der Waals surface area contributed by atoms with Crippen LogP contribution >= 0.6 is 0 Å². The zero-order valence-electron chi connectivity index (χ0n) is 14.6. The molecule has 2 aromatic carbocycles. The van der Waals surface area contributed by atoms with Crippen LogP contribution in [0.5, 0.6) is 0 Å². The first kappa shape index (κ1) is 15.6. The lowest BCUT2D eigenvalue weighted by Gasteiger charge is -2.09. The first-order chi connectivity index (χ1) is 13.4. The molecule has 130 valence electrons. The van der Waals surface area contributed by atoms with Crippen LogP contribution in [0.3, 0.4) is 0 Å². The van der Waals surface area contributed by atoms with Gasteiger partial charge in [0, 0.05) is 47.7 Å². The third-order valence-electron chi connectivity index (χ3n) is 4.67. The summed E-state index contributed by atoms with van der Waals surface area (Å²) < 4.78 is 6.07. The van der Waals surface area contributed by atoms with Gasteiger partial charge in [-0.3, -0.25) is 9.97 Å². The van der Waals surface area contributed by atoms with Gasteiger partial charge in [-0.25, -0.2) is 0 Å². The molecule has 0 atom stereocenters. The molecule has 3 aromatic heterocycles. The Hall–Kier alpha value is -3.66. The third-order valence-corrected chi connectivity index (χ3v) is 4.67. The van der Waals surface area contributed by atoms with Gasteiger partial charge in [0.1, 0.15) is 11.3 Å². The van der Waals surface area contributed by atoms with Crippen molar-refractivity contribution in [2.75, 3.05) is 5.32 Å². The van der Waals surface area contributed by atoms with Crippen LogP contribution in [0, 0.1) is 0 Å². The van der Waals surface area contributed by atoms with Gasteiger partial charge < -0.3 is 9.73 Å². The number of furan rings is 1. The molecule has 0 radical (unpaired) electrons. The number of para-hydroxylation sites is 1. The van der Waals surface area contributed by atoms with Gasteiger partial charge in [0.25, 0.3) is 0 Å². The minimum absolute atomic E-state index is 0.726. The highest BCUT2D eigenvalue weighted by Crippen LogP contribution is 2.32. The molecule has 0 unspecified atom stereocenters. The van der Waals surface area contributed by atoms with Crippen LogP contribution in [0.15, 0.2) is 89.9 Å². The van der Waals surface area contributed by atoms with E-state index in [0.29, 0.717) is 0 Å². The molecule has 1 N–H and O–H groups in total. The Bertz CT molecular complexity index is 1200. The fraction of sp³-hybridized carbons (Fsp3) is 0.0435. The van der Waals surface area contributed by atoms with Crippen molar-refractivity contribution >= 4 is 27.4 Å². The summed E-state index contributed by atoms with van der Waals surface area (Å²) in [7, 11) is 0. The van der Waals surface area contributed by atoms with Crippen LogP contribution in [-0.2, 0) is 6.54 Å². The number of aromatic nitrogens is 2. The van der Waals surface area contributed by atoms with E-state index in [0.717, 1.165) is 45.3 Å². The molecule has 5 aromatic rings. The number of rotatable bonds is 4. The number of fused-ring (bicyclic) bond motifs is 2. The Morgan fingerprint density at radius 2 is 1.78 bits per heavy atom. The summed E-state index contributed by atoms with van der Waals surface area (Å²) in [5.74, 6) is 0.840. The molecule has 0 aliphatic carbocycles. The number of hydrogen-bond donors (Lipinski definition) is 1. The molecule has 0 fully saturated rings. The van der Waals surface area contributed by atoms with Gasteiger partial charge in [-0.2, -0.15) is 0 Å². The predicted octanol–water partition coefficient (Wildman–Crippen LogP) is 5.66. The van der Waals surface area contributed by atoms with Gasteiger partial charge >= 0.3 is 0 Å². The highest BCUT2D eigenvalue weighted by Gasteiger charge is 2.10. The molecule has 0 saturated heterocycles. The average molecular weight is 351 g/mol. The van der Waals surface area contributed by atoms with Crippen LogP contribution in [0.25, 0.3) is 33.1 Å². The second-order valence-electron chi connectivity index (χ2n) is 6.49. The monoisotopic (exact) mass is 351 g/mol. The summed E-state index contributed by atoms with van der Waals surface area (Å²) >= 11 is 0. The van der Waals surface area contributed by atoms with Gasteiger partial charge in [-0.1, -0.05) is 30.3 Å². The molecule has 0 spiro atoms. The van der Waals surface area contributed by atoms with Crippen molar-refractivity contribution in [1.82, 2.24) is 9.97 Å². The van der Waals surface area contributed by atoms with Crippen molar-refractivity contribution in [2.45, 2.75) is 6.54 Å². The van der Waals surface area contributed by atoms with Crippen LogP contribution in [0.4, 0.5) is 5.69 Å². The summed E-state index contributed by atoms with van der Waals surface area (Å²) in [5.41, 5.74) is 4.09. The molecule has 0 aliphatic heterocycles. The van der Waals surface area contributed by atoms with Crippen LogP contribution in [-0.4, -0.2) is 9.97 Å². The Balaban J connectivity index is 1.54. The lowest BCUT2D eigenvalue weighted by atomic mass is 10.0. The van der Waals surface area contributed by atoms with Gasteiger partial charge in [-0.15, -0.1) is 0 Å². The minimum Gasteiger partial charge on any atom is -0.456 e. The highest BCUT2D eigenvalue weighted by molar-refractivity contribution is 5.97. The van der Waals surface area contributed by atoms with Crippen molar-refractivity contribution in [3.63, 3.8) is 0 Å². The third kappa shape index (κ3) is 3.02. The molecule has 5 rings (SSSR count). The molecule has 27 heavy (non-hydrogen) atoms. The largest absolute Gasteiger partial charge is 0.456 e. The number of nitrogens with zero attached hydrogens (tertiary/aromatic N) is 2. The SMILES string of the molecule is c1cncc(NCc2ccc3cncc(-c4cc5ccccc5o4)c3c2)c1. The highest BCUT2D eigenvalue weighted by atomic mass is 16.3. The van der Waals surface area contributed by atoms with Crippen molar-refractivity contribution in [2.24, 2.45) is 0 Å². The van der Waals surface area contributed by atoms with E-state index < -0.39 is 0 Å². The molecule has 0 aliphatic rings. The van der Waals surface area contributed by atoms with E-state index in [-0.39, 0.29) is 0 Å². The fourth-order valence-electron chi connectivity index (χ4n) is 3.30. The Kier molecular flexibility index (Phi) is 3.79. The molecule has 3 heterocycles. The molecule has 0 saturated carbocycles. The lowest BCUT2D eigenvalue weighted by Crippen LogP contribution is -1.99. The predicted molar refractivity (Wildman–Crippen MR) is 109 cm³/mol. The second kappa shape index (κ2) is 6.57. The quantitative estimate of drug-likeness (QED) is 0.454. The smallest absolute Gasteiger partial charge is 0.137 e. The normalized spacial score (nSPS) is 11.1. The van der Waals surface area contributed by atoms with Crippen molar-refractivity contribution < 1.29 is 4.42 Å². The molecule has 4 heteroatoms. The zero-order valence-corrected chi connectivity index (χ0v) is 14.6. The number of anilines is 1. The summed E-state index contributed by atoms with van der Waals surface area (Å²) in [6, 6.07) is 20.5. The number of benzene rings is 2. The maximum absolute atomic E-state index is 6.07. The van der Waals surface area contributed by atoms with Crippen LogP contribution in [0.2, 0.25) is 0 Å². The molecular weight excluding hydrogens is 334 g/mol. The minimum atomic E-state index is 0.726. The molecule has 0 amide bonds. The van der Waals surface area contributed by atoms with E-state index in [4.69, 9.17) is 4.42 Å². The topological polar surface area (TPSA) is 51.0 Å². The van der Waals surface area contributed by atoms with Crippen molar-refractivity contribution in [1.29, 1.82) is 0 Å². The maximum Gasteiger partial charge on any atom is 0.137 e. The van der Waals surface area contributed by atoms with E-state index in [1.54, 1.807) is 6.20 Å². The fourth-order valence-corrected chi connectivity index (χ4v) is 3.30. The molecule has 4 nitrogen and oxygen atoms in total. The van der Waals surface area contributed by atoms with Gasteiger partial charge in [0.2, 0.25) is 0 Å². The Morgan fingerprint density at radius 3 is 2.67 bits per heavy atom. The average Bonchev–Trinajstić information content (AvgIpc) is 3.16. The molecular formula is C23H17N3O. The van der Waals surface area contributed by atoms with E-state index in [9.17, 15) is 0 Å². The van der Waals surface area contributed by atoms with E-state index in [2.05, 4.69) is 45.6 Å². The van der Waals surface area contributed by atoms with Crippen LogP contribution < -0.4 is 5.32 Å². The zero-order chi connectivity index (χ0) is 18.1. The first-order valence-corrected chi connectivity index (χ1v) is 8.86. The Morgan fingerprint density at radius 1 is 0.815 bits per heavy atom. The summed E-state index contributed by atoms with van der Waals surface area (Å²) in [4.78, 5) is 8.54. The summed E-state index contributed by atoms with van der Waals surface area (Å²) in [6.45, 7) is 0.726. The maximum atomic E-state index is 6.07. The van der Waals surface area contributed by atoms with E-state index in [1.165, 1.54) is 5.56 Å². The number of nitrogens with one attached hydrogen (secondary N) is 1. The van der Waals surface area contributed by atoms with Crippen LogP contribution in [0.1, 0.15) is 5.56 Å². The van der Waals surface area contributed by atoms with Crippen molar-refractivity contribution in [3.05, 3.63) is 91.0 Å². The standard InChI is InChI=1S/C23H17N3O/c1-2-6-22-17(4-1)11-23(27-22)21-15-25-13-18-8-7-16(10-20(18)21)12-26-19-5-3-9-24-14-19/h1-11,13-15,26H,12H2. The van der Waals surface area contributed by atoms with Gasteiger partial charge in [-0.05, 0) is 41.3 Å². The lowest BCUT2D eigenvalue weighted by molar-refractivity contribution is 0.632.